The number of aryl methyl sites for hydroxylation is 1. The van der Waals surface area contributed by atoms with E-state index in [9.17, 15) is 9.18 Å². The van der Waals surface area contributed by atoms with Crippen LogP contribution < -0.4 is 15.4 Å². The number of aromatic nitrogens is 3. The van der Waals surface area contributed by atoms with Crippen LogP contribution in [-0.4, -0.2) is 27.4 Å². The topological polar surface area (TPSA) is 81.1 Å². The maximum atomic E-state index is 13.4. The van der Waals surface area contributed by atoms with E-state index in [1.165, 1.54) is 12.1 Å². The average Bonchev–Trinajstić information content (AvgIpc) is 2.87. The van der Waals surface area contributed by atoms with Crippen molar-refractivity contribution in [2.24, 2.45) is 7.05 Å². The molecular weight excluding hydrogens is 313 g/mol. The Hall–Kier alpha value is -2.64. The van der Waals surface area contributed by atoms with E-state index < -0.39 is 0 Å². The minimum absolute atomic E-state index is 0.227. The van der Waals surface area contributed by atoms with Crippen molar-refractivity contribution in [1.29, 1.82) is 0 Å². The predicted molar refractivity (Wildman–Crippen MR) is 85.0 cm³/mol. The molecule has 0 aliphatic carbocycles. The first-order valence-corrected chi connectivity index (χ1v) is 7.88. The molecule has 3 rings (SSSR count). The fraction of sp³-hybridized carbons (Fsp3) is 0.438. The van der Waals surface area contributed by atoms with Crippen LogP contribution in [0.4, 0.5) is 9.18 Å². The van der Waals surface area contributed by atoms with E-state index in [0.29, 0.717) is 18.2 Å². The first-order chi connectivity index (χ1) is 11.5. The van der Waals surface area contributed by atoms with Crippen molar-refractivity contribution < 1.29 is 13.9 Å². The van der Waals surface area contributed by atoms with Crippen LogP contribution in [0.5, 0.6) is 5.75 Å². The first-order valence-electron chi connectivity index (χ1n) is 7.88. The molecule has 8 heteroatoms. The van der Waals surface area contributed by atoms with Crippen LogP contribution in [-0.2, 0) is 7.05 Å². The van der Waals surface area contributed by atoms with E-state index in [4.69, 9.17) is 4.74 Å². The van der Waals surface area contributed by atoms with Crippen LogP contribution in [0.25, 0.3) is 0 Å². The smallest absolute Gasteiger partial charge is 0.315 e. The van der Waals surface area contributed by atoms with Gasteiger partial charge in [-0.3, -0.25) is 0 Å². The van der Waals surface area contributed by atoms with Crippen LogP contribution in [0.3, 0.4) is 0 Å². The Morgan fingerprint density at radius 1 is 1.50 bits per heavy atom. The minimum atomic E-state index is -0.352. The maximum absolute atomic E-state index is 13.4. The molecule has 0 radical (unpaired) electrons. The van der Waals surface area contributed by atoms with Crippen LogP contribution in [0.1, 0.15) is 43.2 Å². The highest BCUT2D eigenvalue weighted by atomic mass is 19.1. The molecule has 2 amide bonds. The normalized spacial score (nSPS) is 18.0. The summed E-state index contributed by atoms with van der Waals surface area (Å²) in [6.45, 7) is 2.34. The Balaban J connectivity index is 1.69. The predicted octanol–water partition coefficient (Wildman–Crippen LogP) is 2.23. The van der Waals surface area contributed by atoms with Gasteiger partial charge in [0.05, 0.1) is 18.7 Å². The monoisotopic (exact) mass is 333 g/mol. The molecule has 7 nitrogen and oxygen atoms in total. The lowest BCUT2D eigenvalue weighted by molar-refractivity contribution is 0.232. The average molecular weight is 333 g/mol. The lowest BCUT2D eigenvalue weighted by Gasteiger charge is -2.20. The third kappa shape index (κ3) is 3.47. The summed E-state index contributed by atoms with van der Waals surface area (Å²) >= 11 is 0. The molecule has 128 valence electrons. The van der Waals surface area contributed by atoms with Crippen molar-refractivity contribution >= 4 is 6.03 Å². The zero-order valence-electron chi connectivity index (χ0n) is 13.6. The number of benzene rings is 1. The number of amides is 2. The summed E-state index contributed by atoms with van der Waals surface area (Å²) in [6.07, 6.45) is 3.09. The van der Waals surface area contributed by atoms with Crippen LogP contribution in [0.15, 0.2) is 24.5 Å². The highest BCUT2D eigenvalue weighted by molar-refractivity contribution is 5.75. The second kappa shape index (κ2) is 6.86. The number of urea groups is 1. The number of nitrogens with zero attached hydrogens (tertiary/aromatic N) is 3. The number of fused-ring (bicyclic) bond motifs is 1. The van der Waals surface area contributed by atoms with Gasteiger partial charge in [-0.15, -0.1) is 10.2 Å². The Labute approximate surface area is 139 Å². The van der Waals surface area contributed by atoms with E-state index >= 15 is 0 Å². The van der Waals surface area contributed by atoms with Gasteiger partial charge >= 0.3 is 6.03 Å². The van der Waals surface area contributed by atoms with Crippen molar-refractivity contribution in [2.75, 3.05) is 6.61 Å². The largest absolute Gasteiger partial charge is 0.493 e. The molecule has 0 saturated carbocycles. The van der Waals surface area contributed by atoms with Crippen molar-refractivity contribution in [3.63, 3.8) is 0 Å². The summed E-state index contributed by atoms with van der Waals surface area (Å²) in [6, 6.07) is 3.57. The summed E-state index contributed by atoms with van der Waals surface area (Å²) in [5, 5.41) is 13.6. The Bertz CT molecular complexity index is 733. The summed E-state index contributed by atoms with van der Waals surface area (Å²) in [4.78, 5) is 12.3. The molecule has 1 aliphatic rings. The summed E-state index contributed by atoms with van der Waals surface area (Å²) in [7, 11) is 1.82. The molecule has 0 fully saturated rings. The van der Waals surface area contributed by atoms with Gasteiger partial charge in [0.2, 0.25) is 0 Å². The van der Waals surface area contributed by atoms with Crippen molar-refractivity contribution in [1.82, 2.24) is 25.4 Å². The van der Waals surface area contributed by atoms with Gasteiger partial charge in [-0.2, -0.15) is 0 Å². The first kappa shape index (κ1) is 16.2. The minimum Gasteiger partial charge on any atom is -0.493 e. The molecule has 0 unspecified atom stereocenters. The van der Waals surface area contributed by atoms with Gasteiger partial charge in [0.1, 0.15) is 17.9 Å². The van der Waals surface area contributed by atoms with Crippen molar-refractivity contribution in [2.45, 2.75) is 31.8 Å². The van der Waals surface area contributed by atoms with E-state index in [-0.39, 0.29) is 23.9 Å². The number of rotatable bonds is 3. The quantitative estimate of drug-likeness (QED) is 0.902. The second-order valence-electron chi connectivity index (χ2n) is 5.86. The fourth-order valence-electron chi connectivity index (χ4n) is 2.84. The molecule has 2 aromatic rings. The number of ether oxygens (including phenoxy) is 1. The van der Waals surface area contributed by atoms with Crippen LogP contribution >= 0.6 is 0 Å². The Morgan fingerprint density at radius 2 is 2.33 bits per heavy atom. The van der Waals surface area contributed by atoms with Gasteiger partial charge in [-0.25, -0.2) is 9.18 Å². The molecule has 0 spiro atoms. The zero-order chi connectivity index (χ0) is 17.1. The van der Waals surface area contributed by atoms with Gasteiger partial charge in [-0.05, 0) is 25.8 Å². The van der Waals surface area contributed by atoms with E-state index in [2.05, 4.69) is 20.8 Å². The molecule has 1 aromatic heterocycles. The van der Waals surface area contributed by atoms with E-state index in [1.807, 2.05) is 14.0 Å². The van der Waals surface area contributed by atoms with E-state index in [1.54, 1.807) is 17.0 Å². The fourth-order valence-corrected chi connectivity index (χ4v) is 2.84. The zero-order valence-corrected chi connectivity index (χ0v) is 13.6. The van der Waals surface area contributed by atoms with Gasteiger partial charge in [0, 0.05) is 18.7 Å². The highest BCUT2D eigenvalue weighted by Crippen LogP contribution is 2.32. The third-order valence-electron chi connectivity index (χ3n) is 4.03. The highest BCUT2D eigenvalue weighted by Gasteiger charge is 2.23. The molecule has 1 aliphatic heterocycles. The summed E-state index contributed by atoms with van der Waals surface area (Å²) in [5.41, 5.74) is 0.787. The summed E-state index contributed by atoms with van der Waals surface area (Å²) < 4.78 is 20.7. The van der Waals surface area contributed by atoms with E-state index in [0.717, 1.165) is 18.4 Å². The van der Waals surface area contributed by atoms with Gasteiger partial charge in [-0.1, -0.05) is 6.07 Å². The molecule has 2 heterocycles. The van der Waals surface area contributed by atoms with Crippen LogP contribution in [0.2, 0.25) is 0 Å². The Kier molecular flexibility index (Phi) is 4.64. The number of halogens is 1. The number of nitrogens with one attached hydrogen (secondary N) is 2. The number of hydrogen-bond acceptors (Lipinski definition) is 4. The number of hydrogen-bond donors (Lipinski definition) is 2. The second-order valence-corrected chi connectivity index (χ2v) is 5.86. The van der Waals surface area contributed by atoms with Gasteiger partial charge in [0.15, 0.2) is 5.82 Å². The van der Waals surface area contributed by atoms with Crippen molar-refractivity contribution in [3.05, 3.63) is 41.7 Å². The Morgan fingerprint density at radius 3 is 3.08 bits per heavy atom. The molecule has 0 saturated heterocycles. The number of carbonyl (C=O) groups excluding carboxylic acids is 1. The standard InChI is InChI=1S/C16H20FN5O2/c1-10(15-21-18-9-22(15)2)19-16(23)20-13-4-3-7-24-14-8-11(17)5-6-12(13)14/h5-6,8-10,13H,3-4,7H2,1-2H3,(H2,19,20,23)/t10-,13+/m1/s1. The lowest BCUT2D eigenvalue weighted by Crippen LogP contribution is -2.39. The third-order valence-corrected chi connectivity index (χ3v) is 4.03. The molecule has 24 heavy (non-hydrogen) atoms. The molecule has 2 N–H and O–H groups in total. The van der Waals surface area contributed by atoms with Crippen molar-refractivity contribution in [3.8, 4) is 5.75 Å². The lowest BCUT2D eigenvalue weighted by atomic mass is 10.0. The van der Waals surface area contributed by atoms with Gasteiger partial charge < -0.3 is 19.9 Å². The molecular formula is C16H20FN5O2. The summed E-state index contributed by atoms with van der Waals surface area (Å²) in [5.74, 6) is 0.797. The SMILES string of the molecule is C[C@@H](NC(=O)N[C@H]1CCCOc2cc(F)ccc21)c1nncn1C. The molecule has 2 atom stereocenters. The number of carbonyl (C=O) groups is 1. The van der Waals surface area contributed by atoms with Crippen LogP contribution in [0, 0.1) is 5.82 Å². The molecule has 0 bridgehead atoms. The van der Waals surface area contributed by atoms with Gasteiger partial charge in [0.25, 0.3) is 0 Å². The maximum Gasteiger partial charge on any atom is 0.315 e. The molecule has 1 aromatic carbocycles.